The van der Waals surface area contributed by atoms with Crippen LogP contribution in [0.3, 0.4) is 0 Å². The molecule has 0 bridgehead atoms. The molecule has 3 rings (SSSR count). The lowest BCUT2D eigenvalue weighted by atomic mass is 9.82. The van der Waals surface area contributed by atoms with E-state index in [2.05, 4.69) is 6.08 Å². The van der Waals surface area contributed by atoms with Gasteiger partial charge in [0.25, 0.3) is 0 Å². The molecule has 1 N–H and O–H groups in total. The van der Waals surface area contributed by atoms with Crippen LogP contribution in [0.15, 0.2) is 35.6 Å². The molecule has 0 spiro atoms. The molecule has 86 valence electrons. The zero-order chi connectivity index (χ0) is 11.0. The molecule has 1 saturated carbocycles. The number of rotatable bonds is 0. The van der Waals surface area contributed by atoms with E-state index in [0.29, 0.717) is 5.76 Å². The van der Waals surface area contributed by atoms with Crippen molar-refractivity contribution in [2.75, 3.05) is 6.61 Å². The summed E-state index contributed by atoms with van der Waals surface area (Å²) >= 11 is 0. The van der Waals surface area contributed by atoms with E-state index in [0.717, 1.165) is 25.0 Å². The van der Waals surface area contributed by atoms with Crippen molar-refractivity contribution >= 4 is 0 Å². The summed E-state index contributed by atoms with van der Waals surface area (Å²) in [5, 5.41) is 10.4. The lowest BCUT2D eigenvalue weighted by molar-refractivity contribution is -0.00769. The van der Waals surface area contributed by atoms with Crippen LogP contribution in [0.1, 0.15) is 25.7 Å². The Balaban J connectivity index is 1.96. The van der Waals surface area contributed by atoms with Crippen molar-refractivity contribution in [1.29, 1.82) is 0 Å². The third kappa shape index (κ3) is 1.61. The van der Waals surface area contributed by atoms with E-state index >= 15 is 0 Å². The number of allylic oxidation sites excluding steroid dienone is 3. The van der Waals surface area contributed by atoms with Crippen molar-refractivity contribution in [3.63, 3.8) is 0 Å². The summed E-state index contributed by atoms with van der Waals surface area (Å²) in [4.78, 5) is 0. The predicted molar refractivity (Wildman–Crippen MR) is 63.1 cm³/mol. The first-order chi connectivity index (χ1) is 7.86. The molecule has 3 atom stereocenters. The second-order valence-electron chi connectivity index (χ2n) is 4.95. The summed E-state index contributed by atoms with van der Waals surface area (Å²) in [6.07, 6.45) is 13.1. The fourth-order valence-corrected chi connectivity index (χ4v) is 3.06. The van der Waals surface area contributed by atoms with Crippen LogP contribution in [0.4, 0.5) is 0 Å². The van der Waals surface area contributed by atoms with E-state index in [9.17, 15) is 5.11 Å². The maximum atomic E-state index is 10.4. The quantitative estimate of drug-likeness (QED) is 0.677. The molecule has 2 heteroatoms. The molecule has 1 aliphatic heterocycles. The third-order valence-corrected chi connectivity index (χ3v) is 3.97. The lowest BCUT2D eigenvalue weighted by Gasteiger charge is -2.29. The van der Waals surface area contributed by atoms with Crippen LogP contribution >= 0.6 is 0 Å². The van der Waals surface area contributed by atoms with Gasteiger partial charge in [0, 0.05) is 11.8 Å². The summed E-state index contributed by atoms with van der Waals surface area (Å²) < 4.78 is 5.96. The number of hydrogen-bond acceptors (Lipinski definition) is 2. The van der Waals surface area contributed by atoms with Gasteiger partial charge in [-0.1, -0.05) is 37.1 Å². The molecule has 0 aromatic heterocycles. The first-order valence-corrected chi connectivity index (χ1v) is 6.26. The van der Waals surface area contributed by atoms with Crippen molar-refractivity contribution in [3.05, 3.63) is 35.6 Å². The average Bonchev–Trinajstić information content (AvgIpc) is 2.49. The van der Waals surface area contributed by atoms with E-state index in [1.807, 2.05) is 18.2 Å². The normalized spacial score (nSPS) is 37.9. The maximum Gasteiger partial charge on any atom is 0.102 e. The highest BCUT2D eigenvalue weighted by atomic mass is 16.5. The van der Waals surface area contributed by atoms with Gasteiger partial charge in [0.2, 0.25) is 0 Å². The first-order valence-electron chi connectivity index (χ1n) is 6.26. The van der Waals surface area contributed by atoms with Gasteiger partial charge in [-0.2, -0.15) is 0 Å². The molecular formula is C14H18O2. The van der Waals surface area contributed by atoms with Crippen molar-refractivity contribution < 1.29 is 9.84 Å². The van der Waals surface area contributed by atoms with Crippen molar-refractivity contribution in [3.8, 4) is 0 Å². The van der Waals surface area contributed by atoms with Gasteiger partial charge in [-0.05, 0) is 18.4 Å². The van der Waals surface area contributed by atoms with E-state index in [-0.39, 0.29) is 17.9 Å². The van der Waals surface area contributed by atoms with E-state index in [4.69, 9.17) is 4.74 Å². The largest absolute Gasteiger partial charge is 0.512 e. The zero-order valence-electron chi connectivity index (χ0n) is 9.43. The van der Waals surface area contributed by atoms with Gasteiger partial charge in [-0.25, -0.2) is 0 Å². The first kappa shape index (κ1) is 10.2. The van der Waals surface area contributed by atoms with Crippen LogP contribution < -0.4 is 0 Å². The number of fused-ring (bicyclic) bond motifs is 2. The zero-order valence-corrected chi connectivity index (χ0v) is 9.43. The van der Waals surface area contributed by atoms with E-state index in [1.54, 1.807) is 0 Å². The summed E-state index contributed by atoms with van der Waals surface area (Å²) in [6.45, 7) is 0.724. The summed E-state index contributed by atoms with van der Waals surface area (Å²) in [6, 6.07) is 0. The van der Waals surface area contributed by atoms with Gasteiger partial charge in [0.1, 0.15) is 5.76 Å². The smallest absolute Gasteiger partial charge is 0.102 e. The predicted octanol–water partition coefficient (Wildman–Crippen LogP) is 3.13. The SMILES string of the molecule is OC1=C2C=CC=CC2COC2CCCCC12. The van der Waals surface area contributed by atoms with Crippen LogP contribution in [0, 0.1) is 11.8 Å². The van der Waals surface area contributed by atoms with Gasteiger partial charge in [0.05, 0.1) is 12.7 Å². The Bertz CT molecular complexity index is 365. The van der Waals surface area contributed by atoms with Gasteiger partial charge in [-0.3, -0.25) is 0 Å². The molecule has 1 heterocycles. The highest BCUT2D eigenvalue weighted by Crippen LogP contribution is 2.38. The molecule has 3 unspecified atom stereocenters. The lowest BCUT2D eigenvalue weighted by Crippen LogP contribution is -2.28. The molecule has 0 aromatic carbocycles. The number of hydrogen-bond donors (Lipinski definition) is 1. The Morgan fingerprint density at radius 1 is 1.19 bits per heavy atom. The van der Waals surface area contributed by atoms with Crippen molar-refractivity contribution in [2.24, 2.45) is 11.8 Å². The van der Waals surface area contributed by atoms with Gasteiger partial charge in [-0.15, -0.1) is 0 Å². The molecule has 0 saturated heterocycles. The average molecular weight is 218 g/mol. The summed E-state index contributed by atoms with van der Waals surface area (Å²) in [5.74, 6) is 1.09. The topological polar surface area (TPSA) is 29.5 Å². The van der Waals surface area contributed by atoms with Crippen LogP contribution in [0.5, 0.6) is 0 Å². The Hall–Kier alpha value is -1.02. The fraction of sp³-hybridized carbons (Fsp3) is 0.571. The van der Waals surface area contributed by atoms with Crippen LogP contribution in [0.25, 0.3) is 0 Å². The van der Waals surface area contributed by atoms with Gasteiger partial charge in [0.15, 0.2) is 0 Å². The molecule has 16 heavy (non-hydrogen) atoms. The molecule has 0 aromatic rings. The van der Waals surface area contributed by atoms with Crippen LogP contribution in [0.2, 0.25) is 0 Å². The second kappa shape index (κ2) is 4.10. The summed E-state index contributed by atoms with van der Waals surface area (Å²) in [7, 11) is 0. The van der Waals surface area contributed by atoms with Crippen molar-refractivity contribution in [1.82, 2.24) is 0 Å². The molecule has 2 nitrogen and oxygen atoms in total. The molecular weight excluding hydrogens is 200 g/mol. The Morgan fingerprint density at radius 2 is 2.06 bits per heavy atom. The number of ether oxygens (including phenoxy) is 1. The molecule has 0 radical (unpaired) electrons. The van der Waals surface area contributed by atoms with E-state index in [1.165, 1.54) is 12.8 Å². The van der Waals surface area contributed by atoms with Crippen LogP contribution in [-0.4, -0.2) is 17.8 Å². The minimum Gasteiger partial charge on any atom is -0.512 e. The monoisotopic (exact) mass is 218 g/mol. The third-order valence-electron chi connectivity index (χ3n) is 3.97. The van der Waals surface area contributed by atoms with Crippen molar-refractivity contribution in [2.45, 2.75) is 31.8 Å². The van der Waals surface area contributed by atoms with Crippen LogP contribution in [-0.2, 0) is 4.74 Å². The summed E-state index contributed by atoms with van der Waals surface area (Å²) in [5.41, 5.74) is 1.08. The number of aliphatic hydroxyl groups is 1. The maximum absolute atomic E-state index is 10.4. The van der Waals surface area contributed by atoms with Gasteiger partial charge >= 0.3 is 0 Å². The highest BCUT2D eigenvalue weighted by Gasteiger charge is 2.35. The minimum atomic E-state index is 0.241. The fourth-order valence-electron chi connectivity index (χ4n) is 3.06. The Labute approximate surface area is 96.3 Å². The Kier molecular flexibility index (Phi) is 2.60. The van der Waals surface area contributed by atoms with E-state index < -0.39 is 0 Å². The highest BCUT2D eigenvalue weighted by molar-refractivity contribution is 5.36. The molecule has 1 fully saturated rings. The second-order valence-corrected chi connectivity index (χ2v) is 4.95. The molecule has 0 amide bonds. The molecule has 3 aliphatic rings. The minimum absolute atomic E-state index is 0.241. The number of aliphatic hydroxyl groups excluding tert-OH is 1. The van der Waals surface area contributed by atoms with Gasteiger partial charge < -0.3 is 9.84 Å². The Morgan fingerprint density at radius 3 is 3.00 bits per heavy atom. The standard InChI is InChI=1S/C14H18O2/c15-14-11-6-2-1-5-10(11)9-16-13-8-4-3-7-12(13)14/h1-2,5-6,10,12-13,15H,3-4,7-9H2. The molecule has 2 aliphatic carbocycles.